The van der Waals surface area contributed by atoms with Crippen LogP contribution in [0.4, 0.5) is 32.0 Å². The molecule has 0 radical (unpaired) electrons. The minimum Gasteiger partial charge on any atom is -0.462 e. The topological polar surface area (TPSA) is 73.6 Å². The number of benzene rings is 3. The number of alkyl halides is 6. The lowest BCUT2D eigenvalue weighted by atomic mass is 10.1. The van der Waals surface area contributed by atoms with Gasteiger partial charge in [0.2, 0.25) is 0 Å². The number of anilines is 1. The van der Waals surface area contributed by atoms with Gasteiger partial charge in [0, 0.05) is 11.3 Å². The molecule has 1 aliphatic heterocycles. The Balaban J connectivity index is 1.22. The highest BCUT2D eigenvalue weighted by atomic mass is 19.4. The van der Waals surface area contributed by atoms with Crippen molar-refractivity contribution >= 4 is 11.7 Å². The summed E-state index contributed by atoms with van der Waals surface area (Å²) in [6.45, 7) is 0.213. The van der Waals surface area contributed by atoms with Crippen molar-refractivity contribution in [2.75, 3.05) is 11.9 Å². The molecule has 1 aliphatic rings. The van der Waals surface area contributed by atoms with Crippen LogP contribution < -0.4 is 10.1 Å². The van der Waals surface area contributed by atoms with Crippen LogP contribution >= 0.6 is 0 Å². The van der Waals surface area contributed by atoms with Crippen molar-refractivity contribution in [1.29, 1.82) is 0 Å². The molecule has 38 heavy (non-hydrogen) atoms. The number of halogens is 6. The molecule has 1 atom stereocenters. The van der Waals surface area contributed by atoms with E-state index >= 15 is 0 Å². The molecule has 0 spiro atoms. The standard InChI is InChI=1S/C25H17F6N5O2/c26-24(27,28)17-5-9-19(10-6-17)36-14-32-22(35-36)16-1-7-18(8-2-16)33-23-34-21(13-37-23)15-3-11-20(12-4-15)38-25(29,30)31/h1-12,14,21H,13H2,(H,33,34). The molecule has 1 aromatic heterocycles. The largest absolute Gasteiger partial charge is 0.573 e. The van der Waals surface area contributed by atoms with Crippen molar-refractivity contribution in [3.63, 3.8) is 0 Å². The van der Waals surface area contributed by atoms with Gasteiger partial charge in [0.05, 0.1) is 11.3 Å². The summed E-state index contributed by atoms with van der Waals surface area (Å²) >= 11 is 0. The van der Waals surface area contributed by atoms with E-state index in [4.69, 9.17) is 4.74 Å². The van der Waals surface area contributed by atoms with E-state index in [0.717, 1.165) is 12.1 Å². The number of nitrogens with zero attached hydrogens (tertiary/aromatic N) is 4. The molecule has 3 aromatic carbocycles. The van der Waals surface area contributed by atoms with Gasteiger partial charge in [-0.1, -0.05) is 12.1 Å². The zero-order chi connectivity index (χ0) is 26.9. The van der Waals surface area contributed by atoms with Crippen LogP contribution in [0.1, 0.15) is 17.2 Å². The van der Waals surface area contributed by atoms with Crippen LogP contribution in [0.15, 0.2) is 84.1 Å². The SMILES string of the molecule is FC(F)(F)Oc1ccc(C2COC(Nc3ccc(-c4ncn(-c5ccc(C(F)(F)F)cc5)n4)cc3)=N2)cc1. The van der Waals surface area contributed by atoms with Crippen LogP contribution in [-0.4, -0.2) is 33.8 Å². The van der Waals surface area contributed by atoms with Crippen LogP contribution in [0.25, 0.3) is 17.1 Å². The van der Waals surface area contributed by atoms with Gasteiger partial charge < -0.3 is 14.8 Å². The number of rotatable bonds is 5. The van der Waals surface area contributed by atoms with Gasteiger partial charge in [-0.3, -0.25) is 0 Å². The van der Waals surface area contributed by atoms with Gasteiger partial charge in [-0.2, -0.15) is 13.2 Å². The monoisotopic (exact) mass is 533 g/mol. The van der Waals surface area contributed by atoms with E-state index in [-0.39, 0.29) is 18.4 Å². The fraction of sp³-hybridized carbons (Fsp3) is 0.160. The molecular weight excluding hydrogens is 516 g/mol. The molecule has 13 heteroatoms. The number of ether oxygens (including phenoxy) is 2. The second-order valence-electron chi connectivity index (χ2n) is 8.14. The Labute approximate surface area is 211 Å². The predicted molar refractivity (Wildman–Crippen MR) is 125 cm³/mol. The highest BCUT2D eigenvalue weighted by Gasteiger charge is 2.31. The van der Waals surface area contributed by atoms with Crippen LogP contribution in [0.5, 0.6) is 5.75 Å². The van der Waals surface area contributed by atoms with Crippen molar-refractivity contribution in [3.8, 4) is 22.8 Å². The fourth-order valence-electron chi connectivity index (χ4n) is 3.65. The third-order valence-electron chi connectivity index (χ3n) is 5.49. The maximum atomic E-state index is 12.8. The Morgan fingerprint density at radius 1 is 0.868 bits per heavy atom. The van der Waals surface area contributed by atoms with Crippen molar-refractivity contribution < 1.29 is 35.8 Å². The van der Waals surface area contributed by atoms with Gasteiger partial charge in [-0.25, -0.2) is 14.7 Å². The lowest BCUT2D eigenvalue weighted by Gasteiger charge is -2.10. The van der Waals surface area contributed by atoms with Gasteiger partial charge in [-0.05, 0) is 66.2 Å². The zero-order valence-electron chi connectivity index (χ0n) is 19.2. The van der Waals surface area contributed by atoms with Crippen molar-refractivity contribution in [1.82, 2.24) is 14.8 Å². The summed E-state index contributed by atoms with van der Waals surface area (Å²) in [6.07, 6.45) is -7.77. The average molecular weight is 533 g/mol. The van der Waals surface area contributed by atoms with E-state index < -0.39 is 24.1 Å². The first kappa shape index (κ1) is 25.1. The molecule has 196 valence electrons. The summed E-state index contributed by atoms with van der Waals surface area (Å²) in [7, 11) is 0. The summed E-state index contributed by atoms with van der Waals surface area (Å²) in [5.41, 5.74) is 1.68. The van der Waals surface area contributed by atoms with Gasteiger partial charge in [-0.15, -0.1) is 18.3 Å². The first-order valence-electron chi connectivity index (χ1n) is 11.1. The molecule has 1 unspecified atom stereocenters. The maximum Gasteiger partial charge on any atom is 0.573 e. The lowest BCUT2D eigenvalue weighted by molar-refractivity contribution is -0.274. The molecule has 7 nitrogen and oxygen atoms in total. The summed E-state index contributed by atoms with van der Waals surface area (Å²) in [5.74, 6) is 0.0604. The highest BCUT2D eigenvalue weighted by molar-refractivity contribution is 5.90. The minimum absolute atomic E-state index is 0.213. The second-order valence-corrected chi connectivity index (χ2v) is 8.14. The Bertz CT molecular complexity index is 1430. The Morgan fingerprint density at radius 2 is 1.55 bits per heavy atom. The van der Waals surface area contributed by atoms with Gasteiger partial charge in [0.15, 0.2) is 5.82 Å². The highest BCUT2D eigenvalue weighted by Crippen LogP contribution is 2.30. The maximum absolute atomic E-state index is 12.8. The smallest absolute Gasteiger partial charge is 0.462 e. The Kier molecular flexibility index (Phi) is 6.43. The van der Waals surface area contributed by atoms with E-state index in [1.165, 1.54) is 47.4 Å². The number of nitrogens with one attached hydrogen (secondary N) is 1. The fourth-order valence-corrected chi connectivity index (χ4v) is 3.65. The summed E-state index contributed by atoms with van der Waals surface area (Å²) in [4.78, 5) is 8.64. The third-order valence-corrected chi connectivity index (χ3v) is 5.49. The number of aromatic nitrogens is 3. The van der Waals surface area contributed by atoms with Crippen LogP contribution in [0, 0.1) is 0 Å². The zero-order valence-corrected chi connectivity index (χ0v) is 19.2. The summed E-state index contributed by atoms with van der Waals surface area (Å²) < 4.78 is 86.1. The molecular formula is C25H17F6N5O2. The Morgan fingerprint density at radius 3 is 2.18 bits per heavy atom. The number of aliphatic imine (C=N–C) groups is 1. The third kappa shape index (κ3) is 5.88. The number of hydrogen-bond donors (Lipinski definition) is 1. The van der Waals surface area contributed by atoms with Crippen molar-refractivity contribution in [3.05, 3.63) is 90.3 Å². The van der Waals surface area contributed by atoms with Gasteiger partial charge >= 0.3 is 12.5 Å². The molecule has 0 saturated carbocycles. The van der Waals surface area contributed by atoms with Crippen molar-refractivity contribution in [2.24, 2.45) is 4.99 Å². The van der Waals surface area contributed by atoms with Crippen LogP contribution in [0.2, 0.25) is 0 Å². The summed E-state index contributed by atoms with van der Waals surface area (Å²) in [6, 6.07) is 16.9. The Hall–Kier alpha value is -4.55. The van der Waals surface area contributed by atoms with Gasteiger partial charge in [0.25, 0.3) is 6.02 Å². The van der Waals surface area contributed by atoms with E-state index in [0.29, 0.717) is 28.3 Å². The molecule has 1 N–H and O–H groups in total. The molecule has 0 bridgehead atoms. The average Bonchev–Trinajstić information content (AvgIpc) is 3.54. The van der Waals surface area contributed by atoms with E-state index in [1.807, 2.05) is 0 Å². The van der Waals surface area contributed by atoms with Crippen molar-refractivity contribution in [2.45, 2.75) is 18.6 Å². The van der Waals surface area contributed by atoms with Crippen LogP contribution in [-0.2, 0) is 10.9 Å². The molecule has 0 amide bonds. The first-order valence-corrected chi connectivity index (χ1v) is 11.1. The molecule has 0 fully saturated rings. The van der Waals surface area contributed by atoms with E-state index in [9.17, 15) is 26.3 Å². The van der Waals surface area contributed by atoms with Gasteiger partial charge in [0.1, 0.15) is 24.7 Å². The molecule has 4 aromatic rings. The quantitative estimate of drug-likeness (QED) is 0.301. The molecule has 5 rings (SSSR count). The van der Waals surface area contributed by atoms with Crippen LogP contribution in [0.3, 0.4) is 0 Å². The second kappa shape index (κ2) is 9.72. The summed E-state index contributed by atoms with van der Waals surface area (Å²) in [5, 5.41) is 7.36. The molecule has 0 saturated heterocycles. The minimum atomic E-state index is -4.76. The van der Waals surface area contributed by atoms with E-state index in [1.54, 1.807) is 24.3 Å². The number of amidine groups is 1. The molecule has 2 heterocycles. The predicted octanol–water partition coefficient (Wildman–Crippen LogP) is 6.39. The lowest BCUT2D eigenvalue weighted by Crippen LogP contribution is -2.17. The number of hydrogen-bond acceptors (Lipinski definition) is 6. The normalized spacial score (nSPS) is 15.6. The van der Waals surface area contributed by atoms with E-state index in [2.05, 4.69) is 25.1 Å². The first-order chi connectivity index (χ1) is 18.0. The molecule has 0 aliphatic carbocycles.